The van der Waals surface area contributed by atoms with E-state index in [2.05, 4.69) is 0 Å². The number of hydrogen-bond donors (Lipinski definition) is 0. The van der Waals surface area contributed by atoms with Gasteiger partial charge in [-0.3, -0.25) is 34.2 Å². The molecule has 9 nitrogen and oxygen atoms in total. The number of benzene rings is 2. The van der Waals surface area contributed by atoms with Crippen molar-refractivity contribution in [1.29, 1.82) is 0 Å². The number of ether oxygens (including phenoxy) is 1. The van der Waals surface area contributed by atoms with Crippen LogP contribution in [0.25, 0.3) is 0 Å². The van der Waals surface area contributed by atoms with Crippen LogP contribution in [0.3, 0.4) is 0 Å². The highest BCUT2D eigenvalue weighted by molar-refractivity contribution is 6.22. The number of nitro benzene ring substituents is 1. The molecule has 0 N–H and O–H groups in total. The number of hydrogen-bond acceptors (Lipinski definition) is 7. The van der Waals surface area contributed by atoms with Crippen LogP contribution in [0.2, 0.25) is 0 Å². The van der Waals surface area contributed by atoms with Crippen molar-refractivity contribution in [1.82, 2.24) is 4.90 Å². The van der Waals surface area contributed by atoms with Crippen molar-refractivity contribution in [3.05, 3.63) is 74.8 Å². The van der Waals surface area contributed by atoms with E-state index in [1.54, 1.807) is 24.3 Å². The van der Waals surface area contributed by atoms with Gasteiger partial charge in [0.2, 0.25) is 5.78 Å². The zero-order valence-electron chi connectivity index (χ0n) is 15.6. The number of aryl methyl sites for hydroxylation is 1. The first kappa shape index (κ1) is 19.9. The number of carbonyl (C=O) groups excluding carboxylic acids is 4. The Balaban J connectivity index is 1.68. The van der Waals surface area contributed by atoms with Gasteiger partial charge in [-0.15, -0.1) is 0 Å². The van der Waals surface area contributed by atoms with Crippen LogP contribution in [-0.4, -0.2) is 46.0 Å². The van der Waals surface area contributed by atoms with Crippen LogP contribution in [0.5, 0.6) is 0 Å². The second kappa shape index (κ2) is 7.63. The summed E-state index contributed by atoms with van der Waals surface area (Å²) in [5, 5.41) is 10.9. The molecule has 0 spiro atoms. The first-order chi connectivity index (χ1) is 13.7. The lowest BCUT2D eigenvalue weighted by atomic mass is 10.1. The molecule has 1 atom stereocenters. The first-order valence-electron chi connectivity index (χ1n) is 8.64. The molecule has 2 aromatic carbocycles. The zero-order valence-corrected chi connectivity index (χ0v) is 15.6. The SMILES string of the molecule is Cc1ccc(C(=O)[C@H](C)OC(=O)CN2C(=O)c3ccc([N+](=O)[O-])cc3C2=O)cc1. The van der Waals surface area contributed by atoms with Crippen molar-refractivity contribution in [3.8, 4) is 0 Å². The predicted molar refractivity (Wildman–Crippen MR) is 99.5 cm³/mol. The number of imide groups is 1. The van der Waals surface area contributed by atoms with Crippen LogP contribution in [0.15, 0.2) is 42.5 Å². The molecule has 9 heteroatoms. The first-order valence-corrected chi connectivity index (χ1v) is 8.64. The minimum Gasteiger partial charge on any atom is -0.453 e. The standard InChI is InChI=1S/C20H16N2O7/c1-11-3-5-13(6-4-11)18(24)12(2)29-17(23)10-21-19(25)15-8-7-14(22(27)28)9-16(15)20(21)26/h3-9,12H,10H2,1-2H3/t12-/m0/s1. The maximum absolute atomic E-state index is 12.4. The molecule has 1 aliphatic rings. The van der Waals surface area contributed by atoms with E-state index < -0.39 is 41.1 Å². The molecule has 0 unspecified atom stereocenters. The van der Waals surface area contributed by atoms with Gasteiger partial charge in [-0.05, 0) is 19.9 Å². The van der Waals surface area contributed by atoms with Crippen LogP contribution in [0.1, 0.15) is 43.6 Å². The molecular weight excluding hydrogens is 380 g/mol. The van der Waals surface area contributed by atoms with Gasteiger partial charge in [-0.2, -0.15) is 0 Å². The van der Waals surface area contributed by atoms with Gasteiger partial charge in [-0.25, -0.2) is 0 Å². The minimum atomic E-state index is -1.11. The summed E-state index contributed by atoms with van der Waals surface area (Å²) in [6, 6.07) is 9.98. The lowest BCUT2D eigenvalue weighted by Crippen LogP contribution is -2.37. The number of nitro groups is 1. The van der Waals surface area contributed by atoms with Crippen molar-refractivity contribution in [2.24, 2.45) is 0 Å². The Hall–Kier alpha value is -3.88. The second-order valence-electron chi connectivity index (χ2n) is 6.55. The van der Waals surface area contributed by atoms with E-state index >= 15 is 0 Å². The van der Waals surface area contributed by atoms with Crippen LogP contribution in [-0.2, 0) is 9.53 Å². The molecule has 2 amide bonds. The molecular formula is C20H16N2O7. The molecule has 0 saturated carbocycles. The fraction of sp³-hybridized carbons (Fsp3) is 0.200. The highest BCUT2D eigenvalue weighted by Gasteiger charge is 2.38. The number of esters is 1. The summed E-state index contributed by atoms with van der Waals surface area (Å²) in [4.78, 5) is 60.1. The monoisotopic (exact) mass is 396 g/mol. The van der Waals surface area contributed by atoms with E-state index in [1.807, 2.05) is 6.92 Å². The van der Waals surface area contributed by atoms with E-state index in [0.717, 1.165) is 17.7 Å². The summed E-state index contributed by atoms with van der Waals surface area (Å²) in [6.07, 6.45) is -1.11. The maximum atomic E-state index is 12.4. The zero-order chi connectivity index (χ0) is 21.3. The number of non-ortho nitro benzene ring substituents is 1. The summed E-state index contributed by atoms with van der Waals surface area (Å²) >= 11 is 0. The van der Waals surface area contributed by atoms with Crippen molar-refractivity contribution in [2.75, 3.05) is 6.54 Å². The molecule has 0 bridgehead atoms. The lowest BCUT2D eigenvalue weighted by molar-refractivity contribution is -0.384. The number of Topliss-reactive ketones (excluding diaryl/α,β-unsaturated/α-hetero) is 1. The highest BCUT2D eigenvalue weighted by atomic mass is 16.6. The molecule has 3 rings (SSSR count). The molecule has 1 aliphatic heterocycles. The van der Waals surface area contributed by atoms with Gasteiger partial charge in [0.1, 0.15) is 6.54 Å². The van der Waals surface area contributed by atoms with Gasteiger partial charge >= 0.3 is 5.97 Å². The van der Waals surface area contributed by atoms with Crippen molar-refractivity contribution in [2.45, 2.75) is 20.0 Å². The third kappa shape index (κ3) is 3.88. The molecule has 1 heterocycles. The second-order valence-corrected chi connectivity index (χ2v) is 6.55. The minimum absolute atomic E-state index is 0.0304. The Kier molecular flexibility index (Phi) is 5.22. The van der Waals surface area contributed by atoms with E-state index in [-0.39, 0.29) is 16.8 Å². The molecule has 0 saturated heterocycles. The molecule has 148 valence electrons. The number of rotatable bonds is 6. The lowest BCUT2D eigenvalue weighted by Gasteiger charge is -2.16. The van der Waals surface area contributed by atoms with Crippen molar-refractivity contribution < 1.29 is 28.8 Å². The number of carbonyl (C=O) groups is 4. The van der Waals surface area contributed by atoms with E-state index in [9.17, 15) is 29.3 Å². The highest BCUT2D eigenvalue weighted by Crippen LogP contribution is 2.26. The predicted octanol–water partition coefficient (Wildman–Crippen LogP) is 2.31. The van der Waals surface area contributed by atoms with Crippen LogP contribution < -0.4 is 0 Å². The third-order valence-electron chi connectivity index (χ3n) is 4.47. The fourth-order valence-electron chi connectivity index (χ4n) is 2.91. The number of ketones is 1. The van der Waals surface area contributed by atoms with Gasteiger partial charge < -0.3 is 4.74 Å². The Labute approximate surface area is 165 Å². The Morgan fingerprint density at radius 2 is 1.69 bits per heavy atom. The Morgan fingerprint density at radius 1 is 1.07 bits per heavy atom. The van der Waals surface area contributed by atoms with Crippen molar-refractivity contribution >= 4 is 29.3 Å². The molecule has 0 aliphatic carbocycles. The number of nitrogens with zero attached hydrogens (tertiary/aromatic N) is 2. The van der Waals surface area contributed by atoms with E-state index in [4.69, 9.17) is 4.74 Å². The summed E-state index contributed by atoms with van der Waals surface area (Å²) in [6.45, 7) is 2.56. The van der Waals surface area contributed by atoms with Crippen molar-refractivity contribution in [3.63, 3.8) is 0 Å². The van der Waals surface area contributed by atoms with Gasteiger partial charge in [0.15, 0.2) is 6.10 Å². The largest absolute Gasteiger partial charge is 0.453 e. The normalized spacial score (nSPS) is 13.8. The third-order valence-corrected chi connectivity index (χ3v) is 4.47. The summed E-state index contributed by atoms with van der Waals surface area (Å²) in [5.74, 6) is -2.95. The van der Waals surface area contributed by atoms with Gasteiger partial charge in [0, 0.05) is 17.7 Å². The van der Waals surface area contributed by atoms with Gasteiger partial charge in [0.05, 0.1) is 16.1 Å². The van der Waals surface area contributed by atoms with Gasteiger partial charge in [-0.1, -0.05) is 29.8 Å². The Bertz CT molecular complexity index is 1040. The average molecular weight is 396 g/mol. The topological polar surface area (TPSA) is 124 Å². The quantitative estimate of drug-likeness (QED) is 0.241. The molecule has 0 radical (unpaired) electrons. The molecule has 0 aromatic heterocycles. The molecule has 0 fully saturated rings. The van der Waals surface area contributed by atoms with Crippen LogP contribution in [0.4, 0.5) is 5.69 Å². The smallest absolute Gasteiger partial charge is 0.326 e. The van der Waals surface area contributed by atoms with Crippen LogP contribution >= 0.6 is 0 Å². The fourth-order valence-corrected chi connectivity index (χ4v) is 2.91. The number of amides is 2. The van der Waals surface area contributed by atoms with Gasteiger partial charge in [0.25, 0.3) is 17.5 Å². The summed E-state index contributed by atoms with van der Waals surface area (Å²) in [7, 11) is 0. The average Bonchev–Trinajstić information content (AvgIpc) is 2.92. The van der Waals surface area contributed by atoms with E-state index in [0.29, 0.717) is 10.5 Å². The molecule has 29 heavy (non-hydrogen) atoms. The Morgan fingerprint density at radius 3 is 2.31 bits per heavy atom. The maximum Gasteiger partial charge on any atom is 0.326 e. The number of fused-ring (bicyclic) bond motifs is 1. The summed E-state index contributed by atoms with van der Waals surface area (Å²) in [5.41, 5.74) is 0.811. The molecule has 2 aromatic rings. The van der Waals surface area contributed by atoms with Crippen LogP contribution in [0, 0.1) is 17.0 Å². The summed E-state index contributed by atoms with van der Waals surface area (Å²) < 4.78 is 5.07. The van der Waals surface area contributed by atoms with E-state index in [1.165, 1.54) is 13.0 Å².